The molecule has 1 aromatic carbocycles. The number of ether oxygens (including phenoxy) is 3. The van der Waals surface area contributed by atoms with Gasteiger partial charge in [-0.25, -0.2) is 4.98 Å². The first kappa shape index (κ1) is 17.1. The number of nitrogens with zero attached hydrogens (tertiary/aromatic N) is 3. The van der Waals surface area contributed by atoms with Crippen LogP contribution in [0.3, 0.4) is 0 Å². The van der Waals surface area contributed by atoms with Crippen molar-refractivity contribution in [3.05, 3.63) is 41.3 Å². The fraction of sp³-hybridized carbons (Fsp3) is 0.500. The van der Waals surface area contributed by atoms with Crippen LogP contribution in [-0.4, -0.2) is 43.9 Å². The van der Waals surface area contributed by atoms with E-state index >= 15 is 0 Å². The Kier molecular flexibility index (Phi) is 4.44. The molecule has 0 bridgehead atoms. The van der Waals surface area contributed by atoms with Crippen molar-refractivity contribution in [2.45, 2.75) is 31.8 Å². The van der Waals surface area contributed by atoms with E-state index in [-0.39, 0.29) is 5.60 Å². The highest BCUT2D eigenvalue weighted by Crippen LogP contribution is 2.45. The monoisotopic (exact) mass is 355 g/mol. The average molecular weight is 355 g/mol. The lowest BCUT2D eigenvalue weighted by atomic mass is 9.79. The van der Waals surface area contributed by atoms with E-state index in [1.54, 1.807) is 20.4 Å². The molecular weight excluding hydrogens is 330 g/mol. The number of methoxy groups -OCH3 is 2. The molecule has 4 rings (SSSR count). The van der Waals surface area contributed by atoms with E-state index in [0.717, 1.165) is 62.0 Å². The molecule has 0 N–H and O–H groups in total. The average Bonchev–Trinajstić information content (AvgIpc) is 2.68. The zero-order chi connectivity index (χ0) is 18.1. The summed E-state index contributed by atoms with van der Waals surface area (Å²) in [5.74, 6) is 2.50. The van der Waals surface area contributed by atoms with Crippen molar-refractivity contribution in [3.63, 3.8) is 0 Å². The quantitative estimate of drug-likeness (QED) is 0.844. The summed E-state index contributed by atoms with van der Waals surface area (Å²) in [4.78, 5) is 11.2. The topological polar surface area (TPSA) is 56.7 Å². The summed E-state index contributed by atoms with van der Waals surface area (Å²) >= 11 is 0. The van der Waals surface area contributed by atoms with E-state index in [9.17, 15) is 0 Å². The highest BCUT2D eigenvalue weighted by Gasteiger charge is 2.41. The number of hydrogen-bond donors (Lipinski definition) is 0. The maximum absolute atomic E-state index is 6.35. The van der Waals surface area contributed by atoms with Gasteiger partial charge in [0.15, 0.2) is 11.5 Å². The Morgan fingerprint density at radius 1 is 1.08 bits per heavy atom. The lowest BCUT2D eigenvalue weighted by Crippen LogP contribution is -2.47. The summed E-state index contributed by atoms with van der Waals surface area (Å²) < 4.78 is 17.4. The van der Waals surface area contributed by atoms with Gasteiger partial charge in [0, 0.05) is 19.3 Å². The smallest absolute Gasteiger partial charge is 0.161 e. The van der Waals surface area contributed by atoms with E-state index in [2.05, 4.69) is 27.0 Å². The number of benzene rings is 1. The Morgan fingerprint density at radius 3 is 2.50 bits per heavy atom. The highest BCUT2D eigenvalue weighted by atomic mass is 16.5. The summed E-state index contributed by atoms with van der Waals surface area (Å²) in [6.45, 7) is 4.51. The molecule has 0 aliphatic carbocycles. The maximum atomic E-state index is 6.35. The summed E-state index contributed by atoms with van der Waals surface area (Å²) in [5.41, 5.74) is 3.24. The van der Waals surface area contributed by atoms with Gasteiger partial charge in [-0.1, -0.05) is 0 Å². The van der Waals surface area contributed by atoms with Gasteiger partial charge >= 0.3 is 0 Å². The van der Waals surface area contributed by atoms with E-state index in [4.69, 9.17) is 14.2 Å². The summed E-state index contributed by atoms with van der Waals surface area (Å²) in [5, 5.41) is 0. The first-order valence-electron chi connectivity index (χ1n) is 9.08. The lowest BCUT2D eigenvalue weighted by Gasteiger charge is -2.45. The molecule has 1 fully saturated rings. The van der Waals surface area contributed by atoms with Crippen LogP contribution in [0, 0.1) is 6.92 Å². The summed E-state index contributed by atoms with van der Waals surface area (Å²) in [6, 6.07) is 4.21. The maximum Gasteiger partial charge on any atom is 0.161 e. The first-order valence-corrected chi connectivity index (χ1v) is 9.08. The van der Waals surface area contributed by atoms with Gasteiger partial charge in [-0.05, 0) is 49.4 Å². The number of rotatable bonds is 3. The van der Waals surface area contributed by atoms with Crippen molar-refractivity contribution in [2.75, 3.05) is 38.8 Å². The Hall–Kier alpha value is -2.34. The molecule has 1 spiro atoms. The molecule has 0 radical (unpaired) electrons. The van der Waals surface area contributed by atoms with Gasteiger partial charge in [0.05, 0.1) is 38.3 Å². The standard InChI is InChI=1S/C20H25N3O3/c1-14-12-21-13-19(22-14)23-7-5-20(6-8-23)16-11-18(25-3)17(24-2)10-15(16)4-9-26-20/h10-13H,4-9H2,1-3H3. The third-order valence-electron chi connectivity index (χ3n) is 5.49. The van der Waals surface area contributed by atoms with E-state index in [1.807, 2.05) is 13.1 Å². The Bertz CT molecular complexity index is 801. The predicted octanol–water partition coefficient (Wildman–Crippen LogP) is 2.87. The van der Waals surface area contributed by atoms with Crippen molar-refractivity contribution < 1.29 is 14.2 Å². The van der Waals surface area contributed by atoms with E-state index in [0.29, 0.717) is 0 Å². The zero-order valence-corrected chi connectivity index (χ0v) is 15.6. The molecule has 1 aromatic heterocycles. The molecule has 2 aromatic rings. The minimum absolute atomic E-state index is 0.249. The van der Waals surface area contributed by atoms with Gasteiger partial charge in [0.2, 0.25) is 0 Å². The van der Waals surface area contributed by atoms with Gasteiger partial charge < -0.3 is 19.1 Å². The van der Waals surface area contributed by atoms with Crippen LogP contribution in [0.25, 0.3) is 0 Å². The second-order valence-electron chi connectivity index (χ2n) is 6.96. The largest absolute Gasteiger partial charge is 0.493 e. The highest BCUT2D eigenvalue weighted by molar-refractivity contribution is 5.51. The molecule has 6 nitrogen and oxygen atoms in total. The van der Waals surface area contributed by atoms with Crippen LogP contribution < -0.4 is 14.4 Å². The van der Waals surface area contributed by atoms with E-state index < -0.39 is 0 Å². The first-order chi connectivity index (χ1) is 12.6. The molecule has 2 aliphatic rings. The zero-order valence-electron chi connectivity index (χ0n) is 15.6. The second-order valence-corrected chi connectivity index (χ2v) is 6.96. The molecule has 0 atom stereocenters. The number of anilines is 1. The molecular formula is C20H25N3O3. The second kappa shape index (κ2) is 6.76. The van der Waals surface area contributed by atoms with Crippen LogP contribution in [-0.2, 0) is 16.8 Å². The fourth-order valence-corrected chi connectivity index (χ4v) is 4.10. The minimum Gasteiger partial charge on any atom is -0.493 e. The third kappa shape index (κ3) is 2.88. The normalized spacial score (nSPS) is 18.5. The van der Waals surface area contributed by atoms with Gasteiger partial charge in [-0.2, -0.15) is 0 Å². The van der Waals surface area contributed by atoms with Gasteiger partial charge in [-0.3, -0.25) is 4.98 Å². The Labute approximate surface area is 154 Å². The lowest BCUT2D eigenvalue weighted by molar-refractivity contribution is -0.0768. The molecule has 0 unspecified atom stereocenters. The molecule has 3 heterocycles. The van der Waals surface area contributed by atoms with Crippen molar-refractivity contribution in [1.29, 1.82) is 0 Å². The number of fused-ring (bicyclic) bond motifs is 2. The number of aryl methyl sites for hydroxylation is 1. The van der Waals surface area contributed by atoms with Crippen LogP contribution in [0.2, 0.25) is 0 Å². The van der Waals surface area contributed by atoms with Crippen molar-refractivity contribution >= 4 is 5.82 Å². The van der Waals surface area contributed by atoms with Crippen molar-refractivity contribution in [3.8, 4) is 11.5 Å². The van der Waals surface area contributed by atoms with Crippen LogP contribution in [0.1, 0.15) is 29.7 Å². The summed E-state index contributed by atoms with van der Waals surface area (Å²) in [7, 11) is 3.36. The number of hydrogen-bond acceptors (Lipinski definition) is 6. The SMILES string of the molecule is COc1cc2c(cc1OC)C1(CCN(c3cncc(C)n3)CC1)OCC2. The Morgan fingerprint density at radius 2 is 1.81 bits per heavy atom. The molecule has 0 saturated carbocycles. The van der Waals surface area contributed by atoms with Gasteiger partial charge in [0.1, 0.15) is 5.82 Å². The molecule has 1 saturated heterocycles. The summed E-state index contributed by atoms with van der Waals surface area (Å²) in [6.07, 6.45) is 6.38. The molecule has 0 amide bonds. The minimum atomic E-state index is -0.249. The van der Waals surface area contributed by atoms with Crippen LogP contribution in [0.4, 0.5) is 5.82 Å². The number of aromatic nitrogens is 2. The molecule has 26 heavy (non-hydrogen) atoms. The van der Waals surface area contributed by atoms with Gasteiger partial charge in [0.25, 0.3) is 0 Å². The van der Waals surface area contributed by atoms with E-state index in [1.165, 1.54) is 11.1 Å². The predicted molar refractivity (Wildman–Crippen MR) is 99.1 cm³/mol. The molecule has 2 aliphatic heterocycles. The molecule has 138 valence electrons. The number of piperidine rings is 1. The molecule has 6 heteroatoms. The Balaban J connectivity index is 1.62. The van der Waals surface area contributed by atoms with Crippen molar-refractivity contribution in [2.24, 2.45) is 0 Å². The fourth-order valence-electron chi connectivity index (χ4n) is 4.10. The van der Waals surface area contributed by atoms with Crippen LogP contribution >= 0.6 is 0 Å². The van der Waals surface area contributed by atoms with Gasteiger partial charge in [-0.15, -0.1) is 0 Å². The third-order valence-corrected chi connectivity index (χ3v) is 5.49. The van der Waals surface area contributed by atoms with Crippen molar-refractivity contribution in [1.82, 2.24) is 9.97 Å². The van der Waals surface area contributed by atoms with Crippen LogP contribution in [0.5, 0.6) is 11.5 Å². The van der Waals surface area contributed by atoms with Crippen LogP contribution in [0.15, 0.2) is 24.5 Å².